The molecular formula is C11H14F3N. The maximum Gasteiger partial charge on any atom is 0.403 e. The fraction of sp³-hybridized carbons (Fsp3) is 0.455. The highest BCUT2D eigenvalue weighted by Gasteiger charge is 2.36. The quantitative estimate of drug-likeness (QED) is 0.819. The predicted molar refractivity (Wildman–Crippen MR) is 53.5 cm³/mol. The van der Waals surface area contributed by atoms with Crippen molar-refractivity contribution in [2.75, 3.05) is 0 Å². The lowest BCUT2D eigenvalue weighted by molar-refractivity contribution is -0.153. The van der Waals surface area contributed by atoms with Gasteiger partial charge in [-0.15, -0.1) is 0 Å². The molecule has 1 N–H and O–H groups in total. The largest absolute Gasteiger partial charge is 0.403 e. The molecule has 0 saturated carbocycles. The Morgan fingerprint density at radius 3 is 2.07 bits per heavy atom. The average molecular weight is 217 g/mol. The van der Waals surface area contributed by atoms with Crippen LogP contribution in [0.3, 0.4) is 0 Å². The normalized spacial score (nSPS) is 16.1. The van der Waals surface area contributed by atoms with Gasteiger partial charge in [0.15, 0.2) is 0 Å². The third-order valence-electron chi connectivity index (χ3n) is 2.29. The minimum atomic E-state index is -4.19. The van der Waals surface area contributed by atoms with Crippen LogP contribution in [0.25, 0.3) is 0 Å². The summed E-state index contributed by atoms with van der Waals surface area (Å²) < 4.78 is 36.8. The van der Waals surface area contributed by atoms with Crippen LogP contribution in [-0.2, 0) is 0 Å². The van der Waals surface area contributed by atoms with Crippen molar-refractivity contribution >= 4 is 0 Å². The zero-order chi connectivity index (χ0) is 11.5. The lowest BCUT2D eigenvalue weighted by Crippen LogP contribution is -2.40. The molecular weight excluding hydrogens is 203 g/mol. The fourth-order valence-electron chi connectivity index (χ4n) is 1.31. The van der Waals surface area contributed by atoms with E-state index in [-0.39, 0.29) is 6.04 Å². The van der Waals surface area contributed by atoms with E-state index < -0.39 is 12.2 Å². The number of alkyl halides is 3. The summed E-state index contributed by atoms with van der Waals surface area (Å²) >= 11 is 0. The minimum absolute atomic E-state index is 0.303. The molecule has 1 unspecified atom stereocenters. The molecule has 84 valence electrons. The van der Waals surface area contributed by atoms with Gasteiger partial charge in [-0.1, -0.05) is 30.3 Å². The van der Waals surface area contributed by atoms with E-state index in [1.807, 2.05) is 18.2 Å². The zero-order valence-corrected chi connectivity index (χ0v) is 8.68. The van der Waals surface area contributed by atoms with E-state index >= 15 is 0 Å². The zero-order valence-electron chi connectivity index (χ0n) is 8.68. The number of hydrogen-bond acceptors (Lipinski definition) is 1. The molecule has 0 aliphatic heterocycles. The van der Waals surface area contributed by atoms with Gasteiger partial charge in [0, 0.05) is 6.04 Å². The summed E-state index contributed by atoms with van der Waals surface area (Å²) in [5.74, 6) is 0. The topological polar surface area (TPSA) is 12.0 Å². The first-order valence-corrected chi connectivity index (χ1v) is 4.79. The minimum Gasteiger partial charge on any atom is -0.300 e. The van der Waals surface area contributed by atoms with E-state index in [4.69, 9.17) is 0 Å². The third kappa shape index (κ3) is 3.55. The van der Waals surface area contributed by atoms with Gasteiger partial charge in [0.1, 0.15) is 6.04 Å². The molecule has 4 heteroatoms. The molecule has 0 aliphatic rings. The van der Waals surface area contributed by atoms with Crippen molar-refractivity contribution in [2.45, 2.75) is 32.1 Å². The molecule has 0 saturated heterocycles. The van der Waals surface area contributed by atoms with Crippen molar-refractivity contribution < 1.29 is 13.2 Å². The molecule has 0 aromatic heterocycles. The molecule has 2 atom stereocenters. The van der Waals surface area contributed by atoms with Gasteiger partial charge in [0.05, 0.1) is 0 Å². The van der Waals surface area contributed by atoms with Gasteiger partial charge in [-0.3, -0.25) is 5.32 Å². The van der Waals surface area contributed by atoms with Crippen LogP contribution in [0.15, 0.2) is 30.3 Å². The molecule has 0 fully saturated rings. The van der Waals surface area contributed by atoms with Gasteiger partial charge in [-0.05, 0) is 19.4 Å². The molecule has 0 amide bonds. The molecule has 0 aliphatic carbocycles. The molecule has 0 radical (unpaired) electrons. The van der Waals surface area contributed by atoms with E-state index in [2.05, 4.69) is 5.32 Å². The van der Waals surface area contributed by atoms with Crippen molar-refractivity contribution in [1.82, 2.24) is 5.32 Å². The SMILES string of the molecule is CC(N[C@@H](C)c1ccccc1)C(F)(F)F. The number of hydrogen-bond donors (Lipinski definition) is 1. The molecule has 0 heterocycles. The maximum atomic E-state index is 12.3. The number of rotatable bonds is 3. The predicted octanol–water partition coefficient (Wildman–Crippen LogP) is 3.29. The van der Waals surface area contributed by atoms with E-state index in [9.17, 15) is 13.2 Å². The maximum absolute atomic E-state index is 12.3. The molecule has 1 aromatic carbocycles. The highest BCUT2D eigenvalue weighted by molar-refractivity contribution is 5.18. The molecule has 1 nitrogen and oxygen atoms in total. The Bertz CT molecular complexity index is 294. The Morgan fingerprint density at radius 1 is 1.07 bits per heavy atom. The number of benzene rings is 1. The smallest absolute Gasteiger partial charge is 0.300 e. The fourth-order valence-corrected chi connectivity index (χ4v) is 1.31. The Morgan fingerprint density at radius 2 is 1.60 bits per heavy atom. The summed E-state index contributed by atoms with van der Waals surface area (Å²) in [5, 5.41) is 2.51. The first-order chi connectivity index (χ1) is 6.91. The lowest BCUT2D eigenvalue weighted by atomic mass is 10.1. The molecule has 1 aromatic rings. The van der Waals surface area contributed by atoms with E-state index in [1.165, 1.54) is 0 Å². The number of nitrogens with one attached hydrogen (secondary N) is 1. The summed E-state index contributed by atoms with van der Waals surface area (Å²) in [6.07, 6.45) is -4.19. The Hall–Kier alpha value is -1.03. The van der Waals surface area contributed by atoms with E-state index in [1.54, 1.807) is 19.1 Å². The van der Waals surface area contributed by atoms with Gasteiger partial charge in [0.2, 0.25) is 0 Å². The van der Waals surface area contributed by atoms with Crippen LogP contribution in [0.5, 0.6) is 0 Å². The second-order valence-corrected chi connectivity index (χ2v) is 3.56. The first kappa shape index (κ1) is 12.0. The highest BCUT2D eigenvalue weighted by Crippen LogP contribution is 2.22. The second kappa shape index (κ2) is 4.66. The van der Waals surface area contributed by atoms with Crippen LogP contribution < -0.4 is 5.32 Å². The molecule has 15 heavy (non-hydrogen) atoms. The van der Waals surface area contributed by atoms with Crippen LogP contribution in [0.1, 0.15) is 25.5 Å². The third-order valence-corrected chi connectivity index (χ3v) is 2.29. The standard InChI is InChI=1S/C11H14F3N/c1-8(10-6-4-3-5-7-10)15-9(2)11(12,13)14/h3-9,15H,1-2H3/t8-,9?/m0/s1. The van der Waals surface area contributed by atoms with Crippen LogP contribution in [0, 0.1) is 0 Å². The van der Waals surface area contributed by atoms with Crippen molar-refractivity contribution in [3.8, 4) is 0 Å². The van der Waals surface area contributed by atoms with Gasteiger partial charge in [-0.25, -0.2) is 0 Å². The van der Waals surface area contributed by atoms with Gasteiger partial charge in [0.25, 0.3) is 0 Å². The van der Waals surface area contributed by atoms with Gasteiger partial charge >= 0.3 is 6.18 Å². The monoisotopic (exact) mass is 217 g/mol. The van der Waals surface area contributed by atoms with Crippen molar-refractivity contribution in [3.63, 3.8) is 0 Å². The van der Waals surface area contributed by atoms with Crippen LogP contribution in [-0.4, -0.2) is 12.2 Å². The van der Waals surface area contributed by atoms with Crippen molar-refractivity contribution in [2.24, 2.45) is 0 Å². The lowest BCUT2D eigenvalue weighted by Gasteiger charge is -2.22. The van der Waals surface area contributed by atoms with Crippen LogP contribution in [0.4, 0.5) is 13.2 Å². The Balaban J connectivity index is 2.61. The average Bonchev–Trinajstić information content (AvgIpc) is 2.17. The molecule has 0 spiro atoms. The van der Waals surface area contributed by atoms with Crippen LogP contribution in [0.2, 0.25) is 0 Å². The summed E-state index contributed by atoms with van der Waals surface area (Å²) in [6, 6.07) is 7.28. The Labute approximate surface area is 87.3 Å². The summed E-state index contributed by atoms with van der Waals surface area (Å²) in [4.78, 5) is 0. The van der Waals surface area contributed by atoms with Gasteiger partial charge in [-0.2, -0.15) is 13.2 Å². The highest BCUT2D eigenvalue weighted by atomic mass is 19.4. The Kier molecular flexibility index (Phi) is 3.74. The first-order valence-electron chi connectivity index (χ1n) is 4.79. The summed E-state index contributed by atoms with van der Waals surface area (Å²) in [7, 11) is 0. The molecule has 0 bridgehead atoms. The summed E-state index contributed by atoms with van der Waals surface area (Å²) in [5.41, 5.74) is 0.855. The van der Waals surface area contributed by atoms with Crippen molar-refractivity contribution in [3.05, 3.63) is 35.9 Å². The second-order valence-electron chi connectivity index (χ2n) is 3.56. The summed E-state index contributed by atoms with van der Waals surface area (Å²) in [6.45, 7) is 2.84. The van der Waals surface area contributed by atoms with Crippen molar-refractivity contribution in [1.29, 1.82) is 0 Å². The molecule has 1 rings (SSSR count). The number of halogens is 3. The van der Waals surface area contributed by atoms with Crippen LogP contribution >= 0.6 is 0 Å². The van der Waals surface area contributed by atoms with Gasteiger partial charge < -0.3 is 0 Å². The van der Waals surface area contributed by atoms with E-state index in [0.717, 1.165) is 12.5 Å². The van der Waals surface area contributed by atoms with E-state index in [0.29, 0.717) is 0 Å².